The van der Waals surface area contributed by atoms with E-state index >= 15 is 0 Å². The fraction of sp³-hybridized carbons (Fsp3) is 0.524. The summed E-state index contributed by atoms with van der Waals surface area (Å²) in [4.78, 5) is 35.8. The highest BCUT2D eigenvalue weighted by Gasteiger charge is 2.33. The van der Waals surface area contributed by atoms with Gasteiger partial charge < -0.3 is 20.7 Å². The molecule has 0 atom stereocenters. The number of esters is 1. The number of urea groups is 1. The molecule has 1 aromatic rings. The Bertz CT molecular complexity index is 762. The van der Waals surface area contributed by atoms with Gasteiger partial charge in [-0.15, -0.1) is 0 Å². The maximum atomic E-state index is 12.1. The van der Waals surface area contributed by atoms with E-state index < -0.39 is 24.0 Å². The van der Waals surface area contributed by atoms with Crippen molar-refractivity contribution in [2.75, 3.05) is 6.61 Å². The van der Waals surface area contributed by atoms with E-state index in [4.69, 9.17) is 4.74 Å². The predicted molar refractivity (Wildman–Crippen MR) is 107 cm³/mol. The first kappa shape index (κ1) is 22.2. The zero-order chi connectivity index (χ0) is 21.3. The van der Waals surface area contributed by atoms with Gasteiger partial charge in [0.2, 0.25) is 0 Å². The van der Waals surface area contributed by atoms with E-state index in [-0.39, 0.29) is 12.1 Å². The number of ether oxygens (including phenoxy) is 1. The molecule has 8 heteroatoms. The molecule has 0 aliphatic heterocycles. The normalized spacial score (nSPS) is 15.1. The number of carbonyl (C=O) groups is 3. The van der Waals surface area contributed by atoms with Gasteiger partial charge in [-0.05, 0) is 44.4 Å². The summed E-state index contributed by atoms with van der Waals surface area (Å²) in [5.41, 5.74) is 0.283. The van der Waals surface area contributed by atoms with Crippen molar-refractivity contribution >= 4 is 17.9 Å². The molecule has 0 spiro atoms. The summed E-state index contributed by atoms with van der Waals surface area (Å²) in [6.07, 6.45) is 4.09. The molecule has 0 bridgehead atoms. The lowest BCUT2D eigenvalue weighted by Crippen LogP contribution is -2.50. The highest BCUT2D eigenvalue weighted by atomic mass is 16.5. The maximum Gasteiger partial charge on any atom is 0.338 e. The van der Waals surface area contributed by atoms with Crippen LogP contribution in [0.15, 0.2) is 24.3 Å². The molecule has 1 fully saturated rings. The van der Waals surface area contributed by atoms with Crippen molar-refractivity contribution in [1.29, 1.82) is 5.26 Å². The molecule has 1 aliphatic carbocycles. The fourth-order valence-electron chi connectivity index (χ4n) is 3.19. The Kier molecular flexibility index (Phi) is 8.01. The molecule has 8 nitrogen and oxygen atoms in total. The van der Waals surface area contributed by atoms with Gasteiger partial charge in [-0.25, -0.2) is 9.59 Å². The number of amides is 3. The molecule has 0 heterocycles. The SMILES string of the molecule is CC(C)NC(=O)NCc1ccc(C(=O)OCC(=O)NC2(C#N)CCCCC2)cc1. The van der Waals surface area contributed by atoms with Crippen LogP contribution in [0.4, 0.5) is 4.79 Å². The van der Waals surface area contributed by atoms with Crippen molar-refractivity contribution in [2.24, 2.45) is 0 Å². The molecule has 1 saturated carbocycles. The van der Waals surface area contributed by atoms with E-state index in [0.29, 0.717) is 24.9 Å². The van der Waals surface area contributed by atoms with E-state index in [1.54, 1.807) is 24.3 Å². The van der Waals surface area contributed by atoms with Crippen LogP contribution in [-0.2, 0) is 16.1 Å². The van der Waals surface area contributed by atoms with Crippen LogP contribution in [0, 0.1) is 11.3 Å². The Hall–Kier alpha value is -3.08. The van der Waals surface area contributed by atoms with Crippen LogP contribution in [0.2, 0.25) is 0 Å². The zero-order valence-corrected chi connectivity index (χ0v) is 16.9. The number of hydrogen-bond donors (Lipinski definition) is 3. The lowest BCUT2D eigenvalue weighted by molar-refractivity contribution is -0.125. The number of hydrogen-bond acceptors (Lipinski definition) is 5. The molecule has 1 aliphatic rings. The van der Waals surface area contributed by atoms with Gasteiger partial charge in [0.25, 0.3) is 5.91 Å². The van der Waals surface area contributed by atoms with Gasteiger partial charge in [-0.3, -0.25) is 4.79 Å². The minimum Gasteiger partial charge on any atom is -0.452 e. The van der Waals surface area contributed by atoms with Crippen LogP contribution in [-0.4, -0.2) is 36.1 Å². The van der Waals surface area contributed by atoms with E-state index in [1.165, 1.54) is 0 Å². The molecule has 0 aromatic heterocycles. The predicted octanol–water partition coefficient (Wildman–Crippen LogP) is 2.39. The first-order valence-corrected chi connectivity index (χ1v) is 9.86. The highest BCUT2D eigenvalue weighted by molar-refractivity contribution is 5.91. The minimum atomic E-state index is -0.849. The number of rotatable bonds is 7. The Morgan fingerprint density at radius 3 is 2.38 bits per heavy atom. The summed E-state index contributed by atoms with van der Waals surface area (Å²) in [7, 11) is 0. The monoisotopic (exact) mass is 400 g/mol. The second kappa shape index (κ2) is 10.5. The third-order valence-electron chi connectivity index (χ3n) is 4.70. The van der Waals surface area contributed by atoms with Crippen LogP contribution in [0.25, 0.3) is 0 Å². The standard InChI is InChI=1S/C21H28N4O4/c1-15(2)24-20(28)23-12-16-6-8-17(9-7-16)19(27)29-13-18(26)25-21(14-22)10-4-3-5-11-21/h6-9,15H,3-5,10-13H2,1-2H3,(H,25,26)(H2,23,24,28). The average Bonchev–Trinajstić information content (AvgIpc) is 2.71. The highest BCUT2D eigenvalue weighted by Crippen LogP contribution is 2.27. The second-order valence-electron chi connectivity index (χ2n) is 7.56. The van der Waals surface area contributed by atoms with Crippen molar-refractivity contribution in [2.45, 2.75) is 64.1 Å². The topological polar surface area (TPSA) is 120 Å². The van der Waals surface area contributed by atoms with Crippen LogP contribution in [0.5, 0.6) is 0 Å². The Balaban J connectivity index is 1.79. The molecular weight excluding hydrogens is 372 g/mol. The first-order valence-electron chi connectivity index (χ1n) is 9.86. The maximum absolute atomic E-state index is 12.1. The summed E-state index contributed by atoms with van der Waals surface area (Å²) >= 11 is 0. The van der Waals surface area contributed by atoms with Crippen LogP contribution in [0.1, 0.15) is 61.9 Å². The number of benzene rings is 1. The molecule has 156 valence electrons. The summed E-state index contributed by atoms with van der Waals surface area (Å²) in [6.45, 7) is 3.64. The summed E-state index contributed by atoms with van der Waals surface area (Å²) in [5, 5.41) is 17.6. The van der Waals surface area contributed by atoms with Gasteiger partial charge in [0.05, 0.1) is 11.6 Å². The second-order valence-corrected chi connectivity index (χ2v) is 7.56. The smallest absolute Gasteiger partial charge is 0.338 e. The Labute approximate surface area is 171 Å². The van der Waals surface area contributed by atoms with Crippen LogP contribution < -0.4 is 16.0 Å². The third kappa shape index (κ3) is 7.11. The van der Waals surface area contributed by atoms with Crippen molar-refractivity contribution in [3.05, 3.63) is 35.4 Å². The van der Waals surface area contributed by atoms with Gasteiger partial charge in [0, 0.05) is 12.6 Å². The van der Waals surface area contributed by atoms with Gasteiger partial charge >= 0.3 is 12.0 Å². The molecule has 2 rings (SSSR count). The summed E-state index contributed by atoms with van der Waals surface area (Å²) < 4.78 is 5.06. The molecule has 3 N–H and O–H groups in total. The van der Waals surface area contributed by atoms with E-state index in [2.05, 4.69) is 22.0 Å². The lowest BCUT2D eigenvalue weighted by atomic mass is 9.83. The van der Waals surface area contributed by atoms with Gasteiger partial charge in [-0.2, -0.15) is 5.26 Å². The first-order chi connectivity index (χ1) is 13.8. The molecule has 0 saturated heterocycles. The summed E-state index contributed by atoms with van der Waals surface area (Å²) in [5.74, 6) is -1.09. The average molecular weight is 400 g/mol. The lowest BCUT2D eigenvalue weighted by Gasteiger charge is -2.31. The molecular formula is C21H28N4O4. The van der Waals surface area contributed by atoms with Crippen molar-refractivity contribution < 1.29 is 19.1 Å². The zero-order valence-electron chi connectivity index (χ0n) is 16.9. The van der Waals surface area contributed by atoms with Crippen LogP contribution in [0.3, 0.4) is 0 Å². The fourth-order valence-corrected chi connectivity index (χ4v) is 3.19. The molecule has 3 amide bonds. The molecule has 1 aromatic carbocycles. The van der Waals surface area contributed by atoms with Crippen molar-refractivity contribution in [3.63, 3.8) is 0 Å². The van der Waals surface area contributed by atoms with Crippen molar-refractivity contribution in [3.8, 4) is 6.07 Å². The van der Waals surface area contributed by atoms with Gasteiger partial charge in [0.15, 0.2) is 6.61 Å². The number of nitrogens with zero attached hydrogens (tertiary/aromatic N) is 1. The quantitative estimate of drug-likeness (QED) is 0.607. The molecule has 0 radical (unpaired) electrons. The van der Waals surface area contributed by atoms with Crippen molar-refractivity contribution in [1.82, 2.24) is 16.0 Å². The van der Waals surface area contributed by atoms with Crippen LogP contribution >= 0.6 is 0 Å². The number of carbonyl (C=O) groups excluding carboxylic acids is 3. The number of nitrogens with one attached hydrogen (secondary N) is 3. The minimum absolute atomic E-state index is 0.0468. The van der Waals surface area contributed by atoms with Gasteiger partial charge in [0.1, 0.15) is 5.54 Å². The Morgan fingerprint density at radius 2 is 1.79 bits per heavy atom. The molecule has 29 heavy (non-hydrogen) atoms. The summed E-state index contributed by atoms with van der Waals surface area (Å²) in [6, 6.07) is 8.55. The number of nitriles is 1. The Morgan fingerprint density at radius 1 is 1.14 bits per heavy atom. The van der Waals surface area contributed by atoms with E-state index in [1.807, 2.05) is 13.8 Å². The van der Waals surface area contributed by atoms with E-state index in [0.717, 1.165) is 24.8 Å². The molecule has 0 unspecified atom stereocenters. The largest absolute Gasteiger partial charge is 0.452 e. The third-order valence-corrected chi connectivity index (χ3v) is 4.70. The van der Waals surface area contributed by atoms with E-state index in [9.17, 15) is 19.6 Å². The van der Waals surface area contributed by atoms with Gasteiger partial charge in [-0.1, -0.05) is 31.4 Å².